The Balaban J connectivity index is 2.05. The standard InChI is InChI=1S/C19H17F2NO3/c1-24-13-7-8-14-15(11-13)25-18(19(23)22-10-9-16(20)21)17(14)12-5-3-2-4-6-12/h2-8,11,16H,9-10H2,1H3,(H,22,23). The molecule has 25 heavy (non-hydrogen) atoms. The van der Waals surface area contributed by atoms with Gasteiger partial charge in [-0.15, -0.1) is 0 Å². The van der Waals surface area contributed by atoms with Crippen molar-refractivity contribution in [1.29, 1.82) is 0 Å². The number of alkyl halides is 2. The van der Waals surface area contributed by atoms with E-state index < -0.39 is 18.8 Å². The van der Waals surface area contributed by atoms with E-state index in [1.165, 1.54) is 0 Å². The molecule has 1 amide bonds. The van der Waals surface area contributed by atoms with Gasteiger partial charge in [0.15, 0.2) is 0 Å². The average Bonchev–Trinajstić information content (AvgIpc) is 3.00. The van der Waals surface area contributed by atoms with Crippen molar-refractivity contribution in [3.8, 4) is 16.9 Å². The number of fused-ring (bicyclic) bond motifs is 1. The summed E-state index contributed by atoms with van der Waals surface area (Å²) in [7, 11) is 1.54. The van der Waals surface area contributed by atoms with E-state index in [2.05, 4.69) is 5.32 Å². The van der Waals surface area contributed by atoms with Gasteiger partial charge in [-0.25, -0.2) is 8.78 Å². The molecule has 2 aromatic carbocycles. The Hall–Kier alpha value is -2.89. The van der Waals surface area contributed by atoms with Gasteiger partial charge in [-0.05, 0) is 17.7 Å². The molecule has 0 aliphatic carbocycles. The van der Waals surface area contributed by atoms with Crippen molar-refractivity contribution < 1.29 is 22.7 Å². The Bertz CT molecular complexity index is 875. The van der Waals surface area contributed by atoms with Crippen molar-refractivity contribution in [3.63, 3.8) is 0 Å². The van der Waals surface area contributed by atoms with Crippen LogP contribution in [0.2, 0.25) is 0 Å². The Morgan fingerprint density at radius 1 is 1.20 bits per heavy atom. The monoisotopic (exact) mass is 345 g/mol. The van der Waals surface area contributed by atoms with Gasteiger partial charge in [0.2, 0.25) is 12.2 Å². The third-order valence-corrected chi connectivity index (χ3v) is 3.81. The number of ether oxygens (including phenoxy) is 1. The fraction of sp³-hybridized carbons (Fsp3) is 0.211. The van der Waals surface area contributed by atoms with E-state index in [1.54, 1.807) is 19.2 Å². The second kappa shape index (κ2) is 7.34. The maximum Gasteiger partial charge on any atom is 0.287 e. The van der Waals surface area contributed by atoms with Gasteiger partial charge in [0, 0.05) is 30.0 Å². The number of hydrogen-bond donors (Lipinski definition) is 1. The van der Waals surface area contributed by atoms with Gasteiger partial charge in [-0.2, -0.15) is 0 Å². The summed E-state index contributed by atoms with van der Waals surface area (Å²) in [5.41, 5.74) is 1.94. The molecule has 3 rings (SSSR count). The predicted octanol–water partition coefficient (Wildman–Crippen LogP) is 4.49. The Morgan fingerprint density at radius 3 is 2.64 bits per heavy atom. The lowest BCUT2D eigenvalue weighted by Crippen LogP contribution is -2.25. The minimum absolute atomic E-state index is 0.101. The first-order valence-corrected chi connectivity index (χ1v) is 7.82. The van der Waals surface area contributed by atoms with Crippen LogP contribution in [0.15, 0.2) is 52.9 Å². The minimum atomic E-state index is -2.46. The molecular weight excluding hydrogens is 328 g/mol. The molecule has 0 aliphatic heterocycles. The van der Waals surface area contributed by atoms with E-state index in [9.17, 15) is 13.6 Å². The smallest absolute Gasteiger partial charge is 0.287 e. The van der Waals surface area contributed by atoms with E-state index in [0.29, 0.717) is 16.9 Å². The fourth-order valence-electron chi connectivity index (χ4n) is 2.63. The molecule has 0 atom stereocenters. The van der Waals surface area contributed by atoms with Crippen LogP contribution in [0.5, 0.6) is 5.75 Å². The molecule has 0 saturated carbocycles. The third-order valence-electron chi connectivity index (χ3n) is 3.81. The summed E-state index contributed by atoms with van der Waals surface area (Å²) in [5, 5.41) is 3.24. The lowest BCUT2D eigenvalue weighted by atomic mass is 10.0. The van der Waals surface area contributed by atoms with Crippen molar-refractivity contribution in [2.24, 2.45) is 0 Å². The molecule has 6 heteroatoms. The summed E-state index contributed by atoms with van der Waals surface area (Å²) < 4.78 is 35.5. The van der Waals surface area contributed by atoms with Gasteiger partial charge in [0.1, 0.15) is 11.3 Å². The summed E-state index contributed by atoms with van der Waals surface area (Å²) in [4.78, 5) is 12.5. The number of methoxy groups -OCH3 is 1. The Labute approximate surface area is 143 Å². The highest BCUT2D eigenvalue weighted by Crippen LogP contribution is 2.36. The van der Waals surface area contributed by atoms with Gasteiger partial charge in [0.25, 0.3) is 5.91 Å². The first-order chi connectivity index (χ1) is 12.1. The lowest BCUT2D eigenvalue weighted by Gasteiger charge is -2.05. The number of halogens is 2. The number of benzene rings is 2. The number of carbonyl (C=O) groups excluding carboxylic acids is 1. The first kappa shape index (κ1) is 17.0. The topological polar surface area (TPSA) is 51.5 Å². The molecule has 4 nitrogen and oxygen atoms in total. The molecule has 1 aromatic heterocycles. The van der Waals surface area contributed by atoms with Crippen LogP contribution in [0.25, 0.3) is 22.1 Å². The predicted molar refractivity (Wildman–Crippen MR) is 91.2 cm³/mol. The Morgan fingerprint density at radius 2 is 1.96 bits per heavy atom. The summed E-state index contributed by atoms with van der Waals surface area (Å²) >= 11 is 0. The van der Waals surface area contributed by atoms with E-state index in [-0.39, 0.29) is 12.3 Å². The van der Waals surface area contributed by atoms with Crippen molar-refractivity contribution in [1.82, 2.24) is 5.32 Å². The number of rotatable bonds is 6. The Kier molecular flexibility index (Phi) is 4.97. The maximum atomic E-state index is 12.5. The van der Waals surface area contributed by atoms with Crippen LogP contribution >= 0.6 is 0 Å². The zero-order valence-corrected chi connectivity index (χ0v) is 13.6. The molecular formula is C19H17F2NO3. The van der Waals surface area contributed by atoms with Crippen molar-refractivity contribution >= 4 is 16.9 Å². The molecule has 0 unspecified atom stereocenters. The highest BCUT2D eigenvalue weighted by Gasteiger charge is 2.22. The number of hydrogen-bond acceptors (Lipinski definition) is 3. The summed E-state index contributed by atoms with van der Waals surface area (Å²) in [5.74, 6) is 0.184. The molecule has 0 spiro atoms. The number of amides is 1. The average molecular weight is 345 g/mol. The highest BCUT2D eigenvalue weighted by atomic mass is 19.3. The van der Waals surface area contributed by atoms with Crippen molar-refractivity contribution in [3.05, 3.63) is 54.3 Å². The zero-order valence-electron chi connectivity index (χ0n) is 13.6. The minimum Gasteiger partial charge on any atom is -0.497 e. The van der Waals surface area contributed by atoms with Gasteiger partial charge in [0.05, 0.1) is 7.11 Å². The van der Waals surface area contributed by atoms with Crippen molar-refractivity contribution in [2.45, 2.75) is 12.8 Å². The molecule has 130 valence electrons. The van der Waals surface area contributed by atoms with Gasteiger partial charge in [-0.3, -0.25) is 4.79 Å². The van der Waals surface area contributed by atoms with Crippen LogP contribution in [0, 0.1) is 0 Å². The van der Waals surface area contributed by atoms with Crippen LogP contribution < -0.4 is 10.1 Å². The van der Waals surface area contributed by atoms with E-state index in [0.717, 1.165) is 10.9 Å². The molecule has 0 saturated heterocycles. The highest BCUT2D eigenvalue weighted by molar-refractivity contribution is 6.08. The second-order valence-corrected chi connectivity index (χ2v) is 5.47. The molecule has 0 fully saturated rings. The lowest BCUT2D eigenvalue weighted by molar-refractivity contribution is 0.0910. The van der Waals surface area contributed by atoms with Crippen molar-refractivity contribution in [2.75, 3.05) is 13.7 Å². The van der Waals surface area contributed by atoms with Crippen LogP contribution in [0.4, 0.5) is 8.78 Å². The van der Waals surface area contributed by atoms with Gasteiger partial charge < -0.3 is 14.5 Å². The van der Waals surface area contributed by atoms with Gasteiger partial charge in [-0.1, -0.05) is 30.3 Å². The van der Waals surface area contributed by atoms with Gasteiger partial charge >= 0.3 is 0 Å². The zero-order chi connectivity index (χ0) is 17.8. The number of furan rings is 1. The van der Waals surface area contributed by atoms with Crippen LogP contribution in [-0.4, -0.2) is 26.0 Å². The molecule has 0 radical (unpaired) electrons. The van der Waals surface area contributed by atoms with E-state index in [4.69, 9.17) is 9.15 Å². The van der Waals surface area contributed by atoms with Crippen LogP contribution in [-0.2, 0) is 0 Å². The summed E-state index contributed by atoms with van der Waals surface area (Å²) in [6.45, 7) is -0.120. The summed E-state index contributed by atoms with van der Waals surface area (Å²) in [6, 6.07) is 14.6. The third kappa shape index (κ3) is 3.63. The first-order valence-electron chi connectivity index (χ1n) is 7.82. The fourth-order valence-corrected chi connectivity index (χ4v) is 2.63. The SMILES string of the molecule is COc1ccc2c(-c3ccccc3)c(C(=O)NCCC(F)F)oc2c1. The molecule has 0 bridgehead atoms. The molecule has 1 N–H and O–H groups in total. The number of carbonyl (C=O) groups is 1. The normalized spacial score (nSPS) is 11.0. The van der Waals surface area contributed by atoms with E-state index >= 15 is 0 Å². The van der Waals surface area contributed by atoms with E-state index in [1.807, 2.05) is 36.4 Å². The quantitative estimate of drug-likeness (QED) is 0.716. The molecule has 1 heterocycles. The second-order valence-electron chi connectivity index (χ2n) is 5.47. The maximum absolute atomic E-state index is 12.5. The summed E-state index contributed by atoms with van der Waals surface area (Å²) in [6.07, 6.45) is -2.87. The van der Waals surface area contributed by atoms with Crippen LogP contribution in [0.1, 0.15) is 17.0 Å². The number of nitrogens with one attached hydrogen (secondary N) is 1. The van der Waals surface area contributed by atoms with Crippen LogP contribution in [0.3, 0.4) is 0 Å². The largest absolute Gasteiger partial charge is 0.497 e. The molecule has 0 aliphatic rings. The molecule has 3 aromatic rings.